The second-order valence-electron chi connectivity index (χ2n) is 9.19. The van der Waals surface area contributed by atoms with E-state index in [0.717, 1.165) is 12.8 Å². The number of rotatable bonds is 8. The van der Waals surface area contributed by atoms with Gasteiger partial charge in [-0.2, -0.15) is 0 Å². The first kappa shape index (κ1) is 24.4. The van der Waals surface area contributed by atoms with Crippen LogP contribution in [0.5, 0.6) is 0 Å². The smallest absolute Gasteiger partial charge is 0.310 e. The molecule has 180 valence electrons. The molecule has 3 aliphatic rings. The molecule has 2 unspecified atom stereocenters. The van der Waals surface area contributed by atoms with Gasteiger partial charge in [-0.05, 0) is 49.9 Å². The highest BCUT2D eigenvalue weighted by Crippen LogP contribution is 2.67. The molecule has 0 aromatic heterocycles. The fourth-order valence-electron chi connectivity index (χ4n) is 5.81. The number of thioether (sulfide) groups is 1. The van der Waals surface area contributed by atoms with Gasteiger partial charge in [-0.15, -0.1) is 11.8 Å². The van der Waals surface area contributed by atoms with Gasteiger partial charge in [0.1, 0.15) is 6.04 Å². The number of anilines is 1. The molecule has 1 spiro atoms. The third-order valence-corrected chi connectivity index (χ3v) is 9.71. The van der Waals surface area contributed by atoms with Crippen LogP contribution >= 0.6 is 23.4 Å². The Bertz CT molecular complexity index is 928. The van der Waals surface area contributed by atoms with Crippen LogP contribution in [0.25, 0.3) is 0 Å². The molecule has 2 bridgehead atoms. The molecule has 9 heteroatoms. The molecular formula is C24H31ClN2O5S. The summed E-state index contributed by atoms with van der Waals surface area (Å²) in [5.74, 6) is -2.09. The maximum atomic E-state index is 13.9. The average Bonchev–Trinajstić information content (AvgIpc) is 3.43. The first-order valence-corrected chi connectivity index (χ1v) is 12.9. The Kier molecular flexibility index (Phi) is 6.99. The lowest BCUT2D eigenvalue weighted by atomic mass is 9.71. The van der Waals surface area contributed by atoms with Crippen molar-refractivity contribution >= 4 is 46.8 Å². The number of benzene rings is 1. The predicted octanol–water partition coefficient (Wildman–Crippen LogP) is 3.34. The van der Waals surface area contributed by atoms with Gasteiger partial charge in [0.05, 0.1) is 35.8 Å². The lowest BCUT2D eigenvalue weighted by molar-refractivity contribution is -0.154. The van der Waals surface area contributed by atoms with Gasteiger partial charge in [-0.25, -0.2) is 0 Å². The van der Waals surface area contributed by atoms with Crippen molar-refractivity contribution < 1.29 is 24.2 Å². The minimum atomic E-state index is -0.786. The topological polar surface area (TPSA) is 95.9 Å². The van der Waals surface area contributed by atoms with E-state index in [1.54, 1.807) is 47.9 Å². The maximum Gasteiger partial charge on any atom is 0.310 e. The van der Waals surface area contributed by atoms with E-state index in [1.165, 1.54) is 0 Å². The Morgan fingerprint density at radius 1 is 1.33 bits per heavy atom. The number of carbonyl (C=O) groups excluding carboxylic acids is 3. The summed E-state index contributed by atoms with van der Waals surface area (Å²) in [4.78, 5) is 42.2. The Morgan fingerprint density at radius 2 is 2.03 bits per heavy atom. The van der Waals surface area contributed by atoms with Crippen LogP contribution in [-0.4, -0.2) is 63.1 Å². The number of hydrogen-bond donors (Lipinski definition) is 2. The first-order chi connectivity index (χ1) is 15.8. The number of amides is 2. The van der Waals surface area contributed by atoms with Crippen molar-refractivity contribution in [2.75, 3.05) is 18.5 Å². The standard InChI is InChI=1S/C24H31ClN2O5S/c1-4-13(3)16(12-28)27-20(21(29)26-15-8-6-14(25)7-9-15)24-11-10-17(33-24)18(19(24)22(27)30)23(31)32-5-2/h6-9,13,16-20,28H,4-5,10-12H2,1-3H3,(H,26,29)/t13-,16-,17+,18-,19-,20?,24?/m0/s1. The van der Waals surface area contributed by atoms with Crippen molar-refractivity contribution in [3.63, 3.8) is 0 Å². The van der Waals surface area contributed by atoms with Crippen LogP contribution < -0.4 is 5.32 Å². The number of fused-ring (bicyclic) bond motifs is 1. The Morgan fingerprint density at radius 3 is 2.64 bits per heavy atom. The van der Waals surface area contributed by atoms with E-state index in [9.17, 15) is 19.5 Å². The molecule has 1 aromatic carbocycles. The zero-order chi connectivity index (χ0) is 23.9. The zero-order valence-corrected chi connectivity index (χ0v) is 20.7. The summed E-state index contributed by atoms with van der Waals surface area (Å²) in [6, 6.07) is 5.53. The number of halogens is 1. The van der Waals surface area contributed by atoms with Crippen LogP contribution in [0.1, 0.15) is 40.0 Å². The largest absolute Gasteiger partial charge is 0.466 e. The van der Waals surface area contributed by atoms with Crippen molar-refractivity contribution in [3.05, 3.63) is 29.3 Å². The molecule has 1 aromatic rings. The summed E-state index contributed by atoms with van der Waals surface area (Å²) in [7, 11) is 0. The summed E-state index contributed by atoms with van der Waals surface area (Å²) in [5.41, 5.74) is 0.584. The van der Waals surface area contributed by atoms with Crippen LogP contribution in [0, 0.1) is 17.8 Å². The monoisotopic (exact) mass is 494 g/mol. The minimum absolute atomic E-state index is 0.0109. The Labute approximate surface area is 203 Å². The van der Waals surface area contributed by atoms with E-state index in [2.05, 4.69) is 5.32 Å². The van der Waals surface area contributed by atoms with Crippen LogP contribution in [-0.2, 0) is 19.1 Å². The van der Waals surface area contributed by atoms with Gasteiger partial charge in [-0.1, -0.05) is 31.9 Å². The summed E-state index contributed by atoms with van der Waals surface area (Å²) in [6.45, 7) is 5.73. The molecule has 7 atom stereocenters. The second-order valence-corrected chi connectivity index (χ2v) is 11.2. The summed E-state index contributed by atoms with van der Waals surface area (Å²) < 4.78 is 4.63. The van der Waals surface area contributed by atoms with Gasteiger partial charge in [0.25, 0.3) is 0 Å². The number of ether oxygens (including phenoxy) is 1. The molecular weight excluding hydrogens is 464 g/mol. The van der Waals surface area contributed by atoms with Crippen molar-refractivity contribution in [1.29, 1.82) is 0 Å². The summed E-state index contributed by atoms with van der Waals surface area (Å²) in [5, 5.41) is 13.8. The third kappa shape index (κ3) is 3.94. The van der Waals surface area contributed by atoms with Gasteiger partial charge in [0, 0.05) is 16.0 Å². The van der Waals surface area contributed by atoms with Crippen LogP contribution in [0.15, 0.2) is 24.3 Å². The molecule has 3 saturated heterocycles. The molecule has 7 nitrogen and oxygen atoms in total. The summed E-state index contributed by atoms with van der Waals surface area (Å²) >= 11 is 7.57. The maximum absolute atomic E-state index is 13.9. The Hall–Kier alpha value is -1.77. The van der Waals surface area contributed by atoms with E-state index in [1.807, 2.05) is 13.8 Å². The number of likely N-dealkylation sites (tertiary alicyclic amines) is 1. The molecule has 3 aliphatic heterocycles. The molecule has 2 amide bonds. The lowest BCUT2D eigenvalue weighted by Crippen LogP contribution is -2.56. The van der Waals surface area contributed by atoms with Crippen LogP contribution in [0.4, 0.5) is 5.69 Å². The van der Waals surface area contributed by atoms with E-state index < -0.39 is 28.7 Å². The molecule has 3 fully saturated rings. The quantitative estimate of drug-likeness (QED) is 0.538. The number of carbonyl (C=O) groups is 3. The number of aliphatic hydroxyl groups excluding tert-OH is 1. The zero-order valence-electron chi connectivity index (χ0n) is 19.1. The fourth-order valence-corrected chi connectivity index (χ4v) is 8.13. The number of hydrogen-bond acceptors (Lipinski definition) is 6. The molecule has 0 saturated carbocycles. The SMILES string of the molecule is CCOC(=O)[C@@H]1[C@H]2C(=O)N([C@@H](CO)[C@@H](C)CC)C(C(=O)Nc3ccc(Cl)cc3)C23CC[C@H]1S3. The highest BCUT2D eigenvalue weighted by molar-refractivity contribution is 8.02. The molecule has 33 heavy (non-hydrogen) atoms. The van der Waals surface area contributed by atoms with Gasteiger partial charge < -0.3 is 20.1 Å². The highest BCUT2D eigenvalue weighted by atomic mass is 35.5. The first-order valence-electron chi connectivity index (χ1n) is 11.6. The van der Waals surface area contributed by atoms with Gasteiger partial charge in [0.15, 0.2) is 0 Å². The number of esters is 1. The van der Waals surface area contributed by atoms with Crippen molar-refractivity contribution in [1.82, 2.24) is 4.90 Å². The van der Waals surface area contributed by atoms with Gasteiger partial charge in [-0.3, -0.25) is 14.4 Å². The molecule has 4 rings (SSSR count). The van der Waals surface area contributed by atoms with E-state index in [4.69, 9.17) is 16.3 Å². The normalized spacial score (nSPS) is 31.9. The van der Waals surface area contributed by atoms with Gasteiger partial charge in [0.2, 0.25) is 11.8 Å². The van der Waals surface area contributed by atoms with Crippen molar-refractivity contribution in [2.24, 2.45) is 17.8 Å². The van der Waals surface area contributed by atoms with Crippen LogP contribution in [0.2, 0.25) is 5.02 Å². The summed E-state index contributed by atoms with van der Waals surface area (Å²) in [6.07, 6.45) is 2.17. The van der Waals surface area contributed by atoms with Crippen LogP contribution in [0.3, 0.4) is 0 Å². The molecule has 0 aliphatic carbocycles. The number of nitrogens with zero attached hydrogens (tertiary/aromatic N) is 1. The average molecular weight is 495 g/mol. The molecule has 0 radical (unpaired) electrons. The van der Waals surface area contributed by atoms with Crippen molar-refractivity contribution in [2.45, 2.75) is 62.1 Å². The Balaban J connectivity index is 1.75. The second kappa shape index (κ2) is 9.47. The molecule has 2 N–H and O–H groups in total. The lowest BCUT2D eigenvalue weighted by Gasteiger charge is -2.39. The van der Waals surface area contributed by atoms with Gasteiger partial charge >= 0.3 is 5.97 Å². The number of nitrogens with one attached hydrogen (secondary N) is 1. The third-order valence-electron chi connectivity index (χ3n) is 7.50. The van der Waals surface area contributed by atoms with E-state index in [-0.39, 0.29) is 42.2 Å². The van der Waals surface area contributed by atoms with Crippen molar-refractivity contribution in [3.8, 4) is 0 Å². The predicted molar refractivity (Wildman–Crippen MR) is 128 cm³/mol. The van der Waals surface area contributed by atoms with E-state index in [0.29, 0.717) is 17.1 Å². The number of aliphatic hydroxyl groups is 1. The minimum Gasteiger partial charge on any atom is -0.466 e. The fraction of sp³-hybridized carbons (Fsp3) is 0.625. The highest BCUT2D eigenvalue weighted by Gasteiger charge is 2.74. The van der Waals surface area contributed by atoms with E-state index >= 15 is 0 Å². The molecule has 3 heterocycles.